The Morgan fingerprint density at radius 2 is 2.35 bits per heavy atom. The zero-order chi connectivity index (χ0) is 16.4. The fourth-order valence-corrected chi connectivity index (χ4v) is 2.89. The summed E-state index contributed by atoms with van der Waals surface area (Å²) < 4.78 is 8.05. The number of nitrogens with one attached hydrogen (secondary N) is 1. The van der Waals surface area contributed by atoms with Crippen LogP contribution in [0.2, 0.25) is 0 Å². The van der Waals surface area contributed by atoms with Gasteiger partial charge in [0.25, 0.3) is 5.91 Å². The van der Waals surface area contributed by atoms with E-state index in [1.807, 2.05) is 35.8 Å². The van der Waals surface area contributed by atoms with E-state index in [0.29, 0.717) is 22.5 Å². The van der Waals surface area contributed by atoms with Crippen LogP contribution in [0.3, 0.4) is 0 Å². The second-order valence-electron chi connectivity index (χ2n) is 5.18. The Labute approximate surface area is 142 Å². The van der Waals surface area contributed by atoms with Crippen LogP contribution in [0.15, 0.2) is 58.3 Å². The number of hydrogen-bond donors (Lipinski definition) is 1. The smallest absolute Gasteiger partial charge is 0.268 e. The summed E-state index contributed by atoms with van der Waals surface area (Å²) in [6.45, 7) is 6.18. The summed E-state index contributed by atoms with van der Waals surface area (Å²) in [5.74, 6) is -0.174. The van der Waals surface area contributed by atoms with E-state index in [0.717, 1.165) is 11.2 Å². The first-order valence-corrected chi connectivity index (χ1v) is 8.00. The molecule has 0 aliphatic heterocycles. The monoisotopic (exact) mass is 373 g/mol. The van der Waals surface area contributed by atoms with E-state index in [1.165, 1.54) is 0 Å². The Morgan fingerprint density at radius 1 is 1.52 bits per heavy atom. The highest BCUT2D eigenvalue weighted by atomic mass is 79.9. The van der Waals surface area contributed by atoms with Crippen molar-refractivity contribution in [3.63, 3.8) is 0 Å². The van der Waals surface area contributed by atoms with E-state index in [-0.39, 0.29) is 11.9 Å². The van der Waals surface area contributed by atoms with E-state index in [2.05, 4.69) is 32.8 Å². The molecule has 3 aromatic heterocycles. The van der Waals surface area contributed by atoms with Gasteiger partial charge in [0.1, 0.15) is 5.69 Å². The third-order valence-electron chi connectivity index (χ3n) is 3.58. The molecular formula is C17H16BrN3O2. The van der Waals surface area contributed by atoms with Gasteiger partial charge in [0.2, 0.25) is 0 Å². The summed E-state index contributed by atoms with van der Waals surface area (Å²) in [7, 11) is 0. The van der Waals surface area contributed by atoms with E-state index in [4.69, 9.17) is 4.42 Å². The molecule has 0 aromatic carbocycles. The van der Waals surface area contributed by atoms with Crippen LogP contribution < -0.4 is 5.32 Å². The number of furan rings is 1. The average molecular weight is 374 g/mol. The minimum absolute atomic E-state index is 0.174. The number of fused-ring (bicyclic) bond motifs is 1. The molecule has 118 valence electrons. The molecular weight excluding hydrogens is 358 g/mol. The summed E-state index contributed by atoms with van der Waals surface area (Å²) in [6.07, 6.45) is 3.46. The van der Waals surface area contributed by atoms with Crippen LogP contribution >= 0.6 is 15.9 Å². The van der Waals surface area contributed by atoms with Gasteiger partial charge < -0.3 is 14.3 Å². The molecule has 0 spiro atoms. The van der Waals surface area contributed by atoms with Crippen LogP contribution in [0.25, 0.3) is 11.1 Å². The number of aromatic nitrogens is 2. The first kappa shape index (κ1) is 15.6. The Hall–Kier alpha value is -2.34. The maximum Gasteiger partial charge on any atom is 0.268 e. The lowest BCUT2D eigenvalue weighted by Crippen LogP contribution is -2.29. The molecule has 5 nitrogen and oxygen atoms in total. The van der Waals surface area contributed by atoms with E-state index in [9.17, 15) is 4.79 Å². The van der Waals surface area contributed by atoms with Gasteiger partial charge in [-0.2, -0.15) is 0 Å². The lowest BCUT2D eigenvalue weighted by atomic mass is 10.2. The Morgan fingerprint density at radius 3 is 3.04 bits per heavy atom. The van der Waals surface area contributed by atoms with Crippen molar-refractivity contribution < 1.29 is 9.21 Å². The van der Waals surface area contributed by atoms with Crippen LogP contribution in [0, 0.1) is 0 Å². The zero-order valence-electron chi connectivity index (χ0n) is 12.6. The van der Waals surface area contributed by atoms with E-state index in [1.54, 1.807) is 18.3 Å². The van der Waals surface area contributed by atoms with Gasteiger partial charge in [-0.15, -0.1) is 6.58 Å². The lowest BCUT2D eigenvalue weighted by molar-refractivity contribution is 0.0930. The molecule has 0 bridgehead atoms. The maximum absolute atomic E-state index is 12.6. The number of carbonyl (C=O) groups excluding carboxylic acids is 1. The van der Waals surface area contributed by atoms with Crippen molar-refractivity contribution in [2.45, 2.75) is 19.5 Å². The predicted octanol–water partition coefficient (Wildman–Crippen LogP) is 4.07. The van der Waals surface area contributed by atoms with Crippen molar-refractivity contribution in [3.8, 4) is 0 Å². The number of amides is 1. The molecule has 1 unspecified atom stereocenters. The summed E-state index contributed by atoms with van der Waals surface area (Å²) >= 11 is 3.31. The highest BCUT2D eigenvalue weighted by Gasteiger charge is 2.20. The van der Waals surface area contributed by atoms with Crippen molar-refractivity contribution in [1.29, 1.82) is 0 Å². The average Bonchev–Trinajstić information content (AvgIpc) is 3.06. The molecule has 6 heteroatoms. The van der Waals surface area contributed by atoms with Crippen LogP contribution in [0.1, 0.15) is 29.1 Å². The van der Waals surface area contributed by atoms with Gasteiger partial charge in [-0.25, -0.2) is 0 Å². The Kier molecular flexibility index (Phi) is 4.34. The van der Waals surface area contributed by atoms with Gasteiger partial charge in [0, 0.05) is 24.9 Å². The third-order valence-corrected chi connectivity index (χ3v) is 3.97. The standard InChI is InChI=1S/C17H16BrN3O2/c1-3-8-21-13-10-16(18)23-15(13)9-14(21)17(22)20-11(2)12-6-4-5-7-19-12/h3-7,9-11H,1,8H2,2H3,(H,20,22). The van der Waals surface area contributed by atoms with Crippen molar-refractivity contribution >= 4 is 32.9 Å². The molecule has 0 aliphatic carbocycles. The summed E-state index contributed by atoms with van der Waals surface area (Å²) in [5, 5.41) is 2.97. The van der Waals surface area contributed by atoms with Crippen LogP contribution in [0.5, 0.6) is 0 Å². The third kappa shape index (κ3) is 3.07. The first-order valence-electron chi connectivity index (χ1n) is 7.21. The van der Waals surface area contributed by atoms with Gasteiger partial charge in [-0.05, 0) is 35.0 Å². The largest absolute Gasteiger partial charge is 0.448 e. The highest BCUT2D eigenvalue weighted by Crippen LogP contribution is 2.27. The summed E-state index contributed by atoms with van der Waals surface area (Å²) in [4.78, 5) is 16.9. The minimum atomic E-state index is -0.186. The van der Waals surface area contributed by atoms with Gasteiger partial charge in [-0.3, -0.25) is 9.78 Å². The number of carbonyl (C=O) groups is 1. The Bertz CT molecular complexity index is 851. The molecule has 0 fully saturated rings. The lowest BCUT2D eigenvalue weighted by Gasteiger charge is -2.14. The Balaban J connectivity index is 1.89. The van der Waals surface area contributed by atoms with Crippen molar-refractivity contribution in [3.05, 3.63) is 65.2 Å². The molecule has 3 aromatic rings. The summed E-state index contributed by atoms with van der Waals surface area (Å²) in [5.41, 5.74) is 2.87. The number of pyridine rings is 1. The number of hydrogen-bond acceptors (Lipinski definition) is 3. The first-order chi connectivity index (χ1) is 11.1. The number of halogens is 1. The molecule has 1 atom stereocenters. The normalized spacial score (nSPS) is 12.3. The number of rotatable bonds is 5. The van der Waals surface area contributed by atoms with Crippen LogP contribution in [-0.2, 0) is 6.54 Å². The van der Waals surface area contributed by atoms with Crippen molar-refractivity contribution in [1.82, 2.24) is 14.9 Å². The quantitative estimate of drug-likeness (QED) is 0.685. The molecule has 3 rings (SSSR count). The van der Waals surface area contributed by atoms with Crippen LogP contribution in [-0.4, -0.2) is 15.5 Å². The van der Waals surface area contributed by atoms with Gasteiger partial charge in [-0.1, -0.05) is 12.1 Å². The minimum Gasteiger partial charge on any atom is -0.448 e. The molecule has 1 amide bonds. The van der Waals surface area contributed by atoms with Gasteiger partial charge >= 0.3 is 0 Å². The summed E-state index contributed by atoms with van der Waals surface area (Å²) in [6, 6.07) is 9.03. The SMILES string of the molecule is C=CCn1c(C(=O)NC(C)c2ccccn2)cc2oc(Br)cc21. The van der Waals surface area contributed by atoms with Gasteiger partial charge in [0.05, 0.1) is 17.3 Å². The molecule has 3 heterocycles. The molecule has 0 saturated carbocycles. The van der Waals surface area contributed by atoms with E-state index < -0.39 is 0 Å². The molecule has 23 heavy (non-hydrogen) atoms. The highest BCUT2D eigenvalue weighted by molar-refractivity contribution is 9.10. The zero-order valence-corrected chi connectivity index (χ0v) is 14.2. The molecule has 0 radical (unpaired) electrons. The van der Waals surface area contributed by atoms with Crippen LogP contribution in [0.4, 0.5) is 0 Å². The molecule has 0 aliphatic rings. The number of allylic oxidation sites excluding steroid dienone is 1. The predicted molar refractivity (Wildman–Crippen MR) is 92.2 cm³/mol. The molecule has 1 N–H and O–H groups in total. The van der Waals surface area contributed by atoms with E-state index >= 15 is 0 Å². The topological polar surface area (TPSA) is 60.1 Å². The maximum atomic E-state index is 12.6. The fourth-order valence-electron chi connectivity index (χ4n) is 2.50. The number of nitrogens with zero attached hydrogens (tertiary/aromatic N) is 2. The fraction of sp³-hybridized carbons (Fsp3) is 0.176. The van der Waals surface area contributed by atoms with Crippen molar-refractivity contribution in [2.75, 3.05) is 0 Å². The van der Waals surface area contributed by atoms with Crippen molar-refractivity contribution in [2.24, 2.45) is 0 Å². The van der Waals surface area contributed by atoms with Gasteiger partial charge in [0.15, 0.2) is 10.3 Å². The second-order valence-corrected chi connectivity index (χ2v) is 5.96. The second kappa shape index (κ2) is 6.42. The molecule has 0 saturated heterocycles.